The lowest BCUT2D eigenvalue weighted by molar-refractivity contribution is 0.184. The summed E-state index contributed by atoms with van der Waals surface area (Å²) in [7, 11) is 0. The van der Waals surface area contributed by atoms with E-state index in [0.29, 0.717) is 6.42 Å². The maximum absolute atomic E-state index is 9.39. The monoisotopic (exact) mass is 162 g/mol. The first-order valence-electron chi connectivity index (χ1n) is 3.64. The molecule has 0 spiro atoms. The lowest BCUT2D eigenvalue weighted by Crippen LogP contribution is -1.94. The minimum Gasteiger partial charge on any atom is -0.508 e. The fraction of sp³-hybridized carbons (Fsp3) is 0.200. The van der Waals surface area contributed by atoms with Gasteiger partial charge >= 0.3 is 0 Å². The highest BCUT2D eigenvalue weighted by molar-refractivity contribution is 5.27. The average Bonchev–Trinajstić information content (AvgIpc) is 2.06. The Balaban J connectivity index is 2.76. The van der Waals surface area contributed by atoms with E-state index in [4.69, 9.17) is 11.5 Å². The molecular formula is C10H10O2. The van der Waals surface area contributed by atoms with Gasteiger partial charge in [0.1, 0.15) is 5.75 Å². The van der Waals surface area contributed by atoms with Crippen molar-refractivity contribution in [3.63, 3.8) is 0 Å². The van der Waals surface area contributed by atoms with E-state index >= 15 is 0 Å². The van der Waals surface area contributed by atoms with Crippen LogP contribution in [-0.2, 0) is 0 Å². The first-order chi connectivity index (χ1) is 5.74. The van der Waals surface area contributed by atoms with Crippen LogP contribution >= 0.6 is 0 Å². The van der Waals surface area contributed by atoms with Crippen LogP contribution in [0.4, 0.5) is 0 Å². The predicted molar refractivity (Wildman–Crippen MR) is 46.5 cm³/mol. The van der Waals surface area contributed by atoms with E-state index < -0.39 is 6.10 Å². The predicted octanol–water partition coefficient (Wildman–Crippen LogP) is 1.45. The van der Waals surface area contributed by atoms with Crippen molar-refractivity contribution < 1.29 is 10.2 Å². The summed E-state index contributed by atoms with van der Waals surface area (Å²) in [6, 6.07) is 6.35. The summed E-state index contributed by atoms with van der Waals surface area (Å²) in [5.41, 5.74) is 0.728. The van der Waals surface area contributed by atoms with Crippen LogP contribution in [0.1, 0.15) is 18.1 Å². The molecule has 2 N–H and O–H groups in total. The third-order valence-corrected chi connectivity index (χ3v) is 1.59. The first-order valence-corrected chi connectivity index (χ1v) is 3.64. The van der Waals surface area contributed by atoms with Crippen molar-refractivity contribution in [2.24, 2.45) is 0 Å². The fourth-order valence-electron chi connectivity index (χ4n) is 0.926. The Kier molecular flexibility index (Phi) is 2.73. The number of hydrogen-bond acceptors (Lipinski definition) is 2. The molecule has 0 aliphatic carbocycles. The van der Waals surface area contributed by atoms with Crippen molar-refractivity contribution in [3.05, 3.63) is 29.8 Å². The maximum atomic E-state index is 9.39. The van der Waals surface area contributed by atoms with Gasteiger partial charge < -0.3 is 10.2 Å². The number of phenolic OH excluding ortho intramolecular Hbond substituents is 1. The van der Waals surface area contributed by atoms with Crippen LogP contribution in [0.3, 0.4) is 0 Å². The van der Waals surface area contributed by atoms with Gasteiger partial charge in [-0.15, -0.1) is 12.3 Å². The second kappa shape index (κ2) is 3.80. The summed E-state index contributed by atoms with van der Waals surface area (Å²) in [6.07, 6.45) is 4.70. The minimum absolute atomic E-state index is 0.187. The van der Waals surface area contributed by atoms with Crippen molar-refractivity contribution >= 4 is 0 Å². The van der Waals surface area contributed by atoms with E-state index in [2.05, 4.69) is 5.92 Å². The van der Waals surface area contributed by atoms with Gasteiger partial charge in [-0.3, -0.25) is 0 Å². The van der Waals surface area contributed by atoms with Crippen LogP contribution in [0.2, 0.25) is 0 Å². The van der Waals surface area contributed by atoms with Gasteiger partial charge in [-0.2, -0.15) is 0 Å². The summed E-state index contributed by atoms with van der Waals surface area (Å²) in [4.78, 5) is 0. The Labute approximate surface area is 71.5 Å². The first kappa shape index (κ1) is 8.63. The molecular weight excluding hydrogens is 152 g/mol. The molecule has 0 saturated carbocycles. The Morgan fingerprint density at radius 3 is 2.42 bits per heavy atom. The molecule has 0 aromatic heterocycles. The third kappa shape index (κ3) is 2.01. The number of rotatable bonds is 2. The van der Waals surface area contributed by atoms with Crippen molar-refractivity contribution in [2.45, 2.75) is 12.5 Å². The molecule has 0 aliphatic heterocycles. The zero-order valence-electron chi connectivity index (χ0n) is 6.57. The molecule has 1 aromatic rings. The molecule has 0 saturated heterocycles. The van der Waals surface area contributed by atoms with Gasteiger partial charge in [0.05, 0.1) is 6.10 Å². The fourth-order valence-corrected chi connectivity index (χ4v) is 0.926. The van der Waals surface area contributed by atoms with E-state index in [1.807, 2.05) is 0 Å². The summed E-state index contributed by atoms with van der Waals surface area (Å²) in [5, 5.41) is 18.3. The van der Waals surface area contributed by atoms with Crippen molar-refractivity contribution in [1.82, 2.24) is 0 Å². The lowest BCUT2D eigenvalue weighted by atomic mass is 10.1. The van der Waals surface area contributed by atoms with E-state index in [-0.39, 0.29) is 5.75 Å². The number of hydrogen-bond donors (Lipinski definition) is 2. The Morgan fingerprint density at radius 2 is 1.92 bits per heavy atom. The van der Waals surface area contributed by atoms with E-state index in [0.717, 1.165) is 5.56 Å². The van der Waals surface area contributed by atoms with Gasteiger partial charge in [-0.1, -0.05) is 12.1 Å². The second-order valence-corrected chi connectivity index (χ2v) is 2.52. The van der Waals surface area contributed by atoms with Gasteiger partial charge in [0.15, 0.2) is 0 Å². The molecule has 1 unspecified atom stereocenters. The quantitative estimate of drug-likeness (QED) is 0.646. The third-order valence-electron chi connectivity index (χ3n) is 1.59. The number of benzene rings is 1. The number of aliphatic hydroxyl groups excluding tert-OH is 1. The van der Waals surface area contributed by atoms with Crippen molar-refractivity contribution in [1.29, 1.82) is 0 Å². The number of terminal acetylenes is 1. The van der Waals surface area contributed by atoms with Crippen LogP contribution in [0.25, 0.3) is 0 Å². The Morgan fingerprint density at radius 1 is 1.33 bits per heavy atom. The van der Waals surface area contributed by atoms with E-state index in [1.165, 1.54) is 12.1 Å². The van der Waals surface area contributed by atoms with Gasteiger partial charge in [0.25, 0.3) is 0 Å². The van der Waals surface area contributed by atoms with Crippen molar-refractivity contribution in [3.8, 4) is 18.1 Å². The summed E-state index contributed by atoms with van der Waals surface area (Å²) in [5.74, 6) is 2.55. The highest BCUT2D eigenvalue weighted by Gasteiger charge is 2.04. The Bertz CT molecular complexity index is 282. The van der Waals surface area contributed by atoms with Crippen LogP contribution in [0, 0.1) is 12.3 Å². The molecule has 0 aliphatic rings. The molecule has 0 fully saturated rings. The number of aliphatic hydroxyl groups is 1. The molecule has 1 aromatic carbocycles. The molecule has 62 valence electrons. The van der Waals surface area contributed by atoms with E-state index in [9.17, 15) is 5.11 Å². The van der Waals surface area contributed by atoms with Crippen LogP contribution in [0.5, 0.6) is 5.75 Å². The SMILES string of the molecule is C#CCC(O)c1ccc(O)cc1. The molecule has 0 heterocycles. The van der Waals surface area contributed by atoms with Gasteiger partial charge in [0.2, 0.25) is 0 Å². The largest absolute Gasteiger partial charge is 0.508 e. The normalized spacial score (nSPS) is 12.0. The molecule has 1 rings (SSSR count). The standard InChI is InChI=1S/C10H10O2/c1-2-3-10(12)8-4-6-9(11)7-5-8/h1,4-7,10-12H,3H2. The number of aromatic hydroxyl groups is 1. The molecule has 0 radical (unpaired) electrons. The summed E-state index contributed by atoms with van der Waals surface area (Å²) < 4.78 is 0. The highest BCUT2D eigenvalue weighted by atomic mass is 16.3. The number of phenols is 1. The molecule has 0 amide bonds. The average molecular weight is 162 g/mol. The van der Waals surface area contributed by atoms with Gasteiger partial charge in [-0.25, -0.2) is 0 Å². The lowest BCUT2D eigenvalue weighted by Gasteiger charge is -2.06. The topological polar surface area (TPSA) is 40.5 Å². The zero-order chi connectivity index (χ0) is 8.97. The zero-order valence-corrected chi connectivity index (χ0v) is 6.57. The highest BCUT2D eigenvalue weighted by Crippen LogP contribution is 2.18. The Hall–Kier alpha value is -1.46. The molecule has 12 heavy (non-hydrogen) atoms. The maximum Gasteiger partial charge on any atom is 0.115 e. The smallest absolute Gasteiger partial charge is 0.115 e. The molecule has 2 nitrogen and oxygen atoms in total. The summed E-state index contributed by atoms with van der Waals surface area (Å²) in [6.45, 7) is 0. The van der Waals surface area contributed by atoms with Gasteiger partial charge in [-0.05, 0) is 17.7 Å². The summed E-state index contributed by atoms with van der Waals surface area (Å²) >= 11 is 0. The molecule has 2 heteroatoms. The van der Waals surface area contributed by atoms with E-state index in [1.54, 1.807) is 12.1 Å². The van der Waals surface area contributed by atoms with Crippen LogP contribution in [-0.4, -0.2) is 10.2 Å². The van der Waals surface area contributed by atoms with Crippen molar-refractivity contribution in [2.75, 3.05) is 0 Å². The van der Waals surface area contributed by atoms with Gasteiger partial charge in [0, 0.05) is 6.42 Å². The second-order valence-electron chi connectivity index (χ2n) is 2.52. The minimum atomic E-state index is -0.629. The molecule has 1 atom stereocenters. The van der Waals surface area contributed by atoms with Crippen LogP contribution in [0.15, 0.2) is 24.3 Å². The van der Waals surface area contributed by atoms with Crippen LogP contribution < -0.4 is 0 Å². The molecule has 0 bridgehead atoms.